The summed E-state index contributed by atoms with van der Waals surface area (Å²) in [5.74, 6) is -2.93. The minimum atomic E-state index is -1.28. The molecule has 2 aliphatic carbocycles. The molecule has 2 aromatic carbocycles. The Hall–Kier alpha value is -2.24. The Morgan fingerprint density at radius 3 is 1.78 bits per heavy atom. The van der Waals surface area contributed by atoms with E-state index in [0.29, 0.717) is 18.4 Å². The van der Waals surface area contributed by atoms with Crippen molar-refractivity contribution in [3.05, 3.63) is 47.5 Å². The fourth-order valence-electron chi connectivity index (χ4n) is 5.83. The van der Waals surface area contributed by atoms with Crippen LogP contribution in [0.1, 0.15) is 52.4 Å². The highest BCUT2D eigenvalue weighted by atomic mass is 19.2. The zero-order valence-corrected chi connectivity index (χ0v) is 18.6. The average Bonchev–Trinajstić information content (AvgIpc) is 3.37. The van der Waals surface area contributed by atoms with Crippen LogP contribution >= 0.6 is 0 Å². The molecule has 0 bridgehead atoms. The molecule has 0 radical (unpaired) electrons. The summed E-state index contributed by atoms with van der Waals surface area (Å²) in [4.78, 5) is 0. The first-order chi connectivity index (χ1) is 15.5. The van der Waals surface area contributed by atoms with Crippen LogP contribution in [-0.2, 0) is 0 Å². The molecular formula is C26H30F4O2. The van der Waals surface area contributed by atoms with Crippen LogP contribution in [0, 0.1) is 46.9 Å². The van der Waals surface area contributed by atoms with Crippen molar-refractivity contribution in [3.8, 4) is 22.6 Å². The van der Waals surface area contributed by atoms with E-state index in [1.54, 1.807) is 6.92 Å². The van der Waals surface area contributed by atoms with Gasteiger partial charge < -0.3 is 9.47 Å². The first-order valence-corrected chi connectivity index (χ1v) is 11.7. The van der Waals surface area contributed by atoms with Crippen molar-refractivity contribution in [1.29, 1.82) is 0 Å². The minimum Gasteiger partial charge on any atom is -0.491 e. The Balaban J connectivity index is 1.48. The molecule has 4 atom stereocenters. The molecule has 0 aliphatic heterocycles. The van der Waals surface area contributed by atoms with Crippen LogP contribution in [0.25, 0.3) is 11.1 Å². The van der Waals surface area contributed by atoms with E-state index in [1.165, 1.54) is 56.4 Å². The SMILES string of the molecule is CCCC1CCC2C(COc3ccc(-c4ccc(OCC)c(F)c4F)c(F)c3F)CCC12. The highest BCUT2D eigenvalue weighted by Crippen LogP contribution is 2.52. The fourth-order valence-corrected chi connectivity index (χ4v) is 5.83. The smallest absolute Gasteiger partial charge is 0.201 e. The molecule has 2 aromatic rings. The molecule has 2 nitrogen and oxygen atoms in total. The van der Waals surface area contributed by atoms with Gasteiger partial charge in [-0.15, -0.1) is 0 Å². The lowest BCUT2D eigenvalue weighted by atomic mass is 9.87. The van der Waals surface area contributed by atoms with Crippen molar-refractivity contribution in [2.45, 2.75) is 52.4 Å². The van der Waals surface area contributed by atoms with Gasteiger partial charge in [-0.1, -0.05) is 19.8 Å². The molecule has 0 amide bonds. The molecule has 0 N–H and O–H groups in total. The molecule has 2 fully saturated rings. The van der Waals surface area contributed by atoms with E-state index in [1.807, 2.05) is 0 Å². The summed E-state index contributed by atoms with van der Waals surface area (Å²) in [6.45, 7) is 4.37. The standard InChI is InChI=1S/C26H30F4O2/c1-3-5-15-6-8-18-16(7-9-17(15)18)14-32-22-13-11-20(24(28)26(22)30)19-10-12-21(31-4-2)25(29)23(19)27/h10-13,15-18H,3-9,14H2,1-2H3. The number of hydrogen-bond acceptors (Lipinski definition) is 2. The summed E-state index contributed by atoms with van der Waals surface area (Å²) >= 11 is 0. The molecule has 6 heteroatoms. The number of benzene rings is 2. The van der Waals surface area contributed by atoms with E-state index in [0.717, 1.165) is 18.3 Å². The number of rotatable bonds is 8. The Morgan fingerprint density at radius 2 is 1.22 bits per heavy atom. The van der Waals surface area contributed by atoms with Gasteiger partial charge in [0.05, 0.1) is 13.2 Å². The molecule has 0 spiro atoms. The molecule has 32 heavy (non-hydrogen) atoms. The molecule has 0 heterocycles. The number of hydrogen-bond donors (Lipinski definition) is 0. The molecule has 2 saturated carbocycles. The first-order valence-electron chi connectivity index (χ1n) is 11.7. The van der Waals surface area contributed by atoms with Crippen molar-refractivity contribution in [3.63, 3.8) is 0 Å². The van der Waals surface area contributed by atoms with Gasteiger partial charge in [0.1, 0.15) is 0 Å². The number of fused-ring (bicyclic) bond motifs is 1. The molecule has 0 saturated heterocycles. The molecule has 4 unspecified atom stereocenters. The van der Waals surface area contributed by atoms with Crippen molar-refractivity contribution >= 4 is 0 Å². The van der Waals surface area contributed by atoms with Crippen molar-refractivity contribution < 1.29 is 27.0 Å². The third-order valence-electron chi connectivity index (χ3n) is 7.30. The van der Waals surface area contributed by atoms with E-state index in [9.17, 15) is 17.6 Å². The summed E-state index contributed by atoms with van der Waals surface area (Å²) in [6, 6.07) is 4.93. The fraction of sp³-hybridized carbons (Fsp3) is 0.538. The predicted molar refractivity (Wildman–Crippen MR) is 116 cm³/mol. The Kier molecular flexibility index (Phi) is 6.96. The van der Waals surface area contributed by atoms with Crippen LogP contribution in [0.2, 0.25) is 0 Å². The van der Waals surface area contributed by atoms with Crippen LogP contribution < -0.4 is 9.47 Å². The second-order valence-corrected chi connectivity index (χ2v) is 9.01. The van der Waals surface area contributed by atoms with Crippen LogP contribution in [-0.4, -0.2) is 13.2 Å². The molecule has 0 aromatic heterocycles. The lowest BCUT2D eigenvalue weighted by molar-refractivity contribution is 0.194. The second kappa shape index (κ2) is 9.72. The normalized spacial score (nSPS) is 24.6. The summed E-state index contributed by atoms with van der Waals surface area (Å²) < 4.78 is 68.9. The quantitative estimate of drug-likeness (QED) is 0.387. The van der Waals surface area contributed by atoms with Crippen LogP contribution in [0.3, 0.4) is 0 Å². The summed E-state index contributed by atoms with van der Waals surface area (Å²) in [5, 5.41) is 0. The minimum absolute atomic E-state index is 0.159. The topological polar surface area (TPSA) is 18.5 Å². The lowest BCUT2D eigenvalue weighted by Gasteiger charge is -2.21. The van der Waals surface area contributed by atoms with Gasteiger partial charge in [-0.3, -0.25) is 0 Å². The van der Waals surface area contributed by atoms with Gasteiger partial charge in [0.25, 0.3) is 0 Å². The highest BCUT2D eigenvalue weighted by Gasteiger charge is 2.44. The van der Waals surface area contributed by atoms with Gasteiger partial charge in [-0.25, -0.2) is 8.78 Å². The number of halogens is 4. The lowest BCUT2D eigenvalue weighted by Crippen LogP contribution is -2.19. The van der Waals surface area contributed by atoms with Crippen LogP contribution in [0.4, 0.5) is 17.6 Å². The first kappa shape index (κ1) is 22.9. The van der Waals surface area contributed by atoms with Gasteiger partial charge in [0.15, 0.2) is 23.1 Å². The maximum Gasteiger partial charge on any atom is 0.201 e. The maximum absolute atomic E-state index is 14.8. The third kappa shape index (κ3) is 4.20. The van der Waals surface area contributed by atoms with E-state index >= 15 is 0 Å². The van der Waals surface area contributed by atoms with Crippen molar-refractivity contribution in [2.75, 3.05) is 13.2 Å². The van der Waals surface area contributed by atoms with Crippen molar-refractivity contribution in [1.82, 2.24) is 0 Å². The van der Waals surface area contributed by atoms with Crippen molar-refractivity contribution in [2.24, 2.45) is 23.7 Å². The van der Waals surface area contributed by atoms with Gasteiger partial charge in [-0.05, 0) is 80.5 Å². The Labute approximate surface area is 186 Å². The highest BCUT2D eigenvalue weighted by molar-refractivity contribution is 5.67. The molecule has 4 rings (SSSR count). The third-order valence-corrected chi connectivity index (χ3v) is 7.30. The van der Waals surface area contributed by atoms with Gasteiger partial charge in [0, 0.05) is 11.1 Å². The van der Waals surface area contributed by atoms with Gasteiger partial charge in [-0.2, -0.15) is 8.78 Å². The Bertz CT molecular complexity index is 961. The van der Waals surface area contributed by atoms with Gasteiger partial charge in [0.2, 0.25) is 11.6 Å². The zero-order valence-electron chi connectivity index (χ0n) is 18.6. The summed E-state index contributed by atoms with van der Waals surface area (Å²) in [6.07, 6.45) is 7.13. The summed E-state index contributed by atoms with van der Waals surface area (Å²) in [5.41, 5.74) is -0.714. The molecular weight excluding hydrogens is 420 g/mol. The monoisotopic (exact) mass is 450 g/mol. The van der Waals surface area contributed by atoms with E-state index in [-0.39, 0.29) is 29.2 Å². The number of ether oxygens (including phenoxy) is 2. The zero-order chi connectivity index (χ0) is 22.8. The van der Waals surface area contributed by atoms with E-state index in [2.05, 4.69) is 6.92 Å². The maximum atomic E-state index is 14.8. The molecule has 2 aliphatic rings. The predicted octanol–water partition coefficient (Wildman–Crippen LogP) is 7.54. The van der Waals surface area contributed by atoms with E-state index in [4.69, 9.17) is 9.47 Å². The van der Waals surface area contributed by atoms with Gasteiger partial charge >= 0.3 is 0 Å². The molecule has 174 valence electrons. The Morgan fingerprint density at radius 1 is 0.688 bits per heavy atom. The van der Waals surface area contributed by atoms with Crippen LogP contribution in [0.5, 0.6) is 11.5 Å². The van der Waals surface area contributed by atoms with E-state index < -0.39 is 23.3 Å². The van der Waals surface area contributed by atoms with Crippen LogP contribution in [0.15, 0.2) is 24.3 Å². The second-order valence-electron chi connectivity index (χ2n) is 9.01. The summed E-state index contributed by atoms with van der Waals surface area (Å²) in [7, 11) is 0. The average molecular weight is 451 g/mol. The largest absolute Gasteiger partial charge is 0.491 e.